The SMILES string of the molecule is CCc1cccc(Cl)c1[C@@H](N)[C@H](C)O. The first-order valence-corrected chi connectivity index (χ1v) is 5.16. The van der Waals surface area contributed by atoms with Crippen molar-refractivity contribution < 1.29 is 5.11 Å². The van der Waals surface area contributed by atoms with Crippen molar-refractivity contribution in [1.82, 2.24) is 0 Å². The van der Waals surface area contributed by atoms with E-state index in [1.165, 1.54) is 0 Å². The molecule has 0 aliphatic rings. The molecule has 2 atom stereocenters. The van der Waals surface area contributed by atoms with Gasteiger partial charge in [0.25, 0.3) is 0 Å². The summed E-state index contributed by atoms with van der Waals surface area (Å²) in [6.45, 7) is 3.72. The van der Waals surface area contributed by atoms with Crippen LogP contribution in [0.1, 0.15) is 31.0 Å². The van der Waals surface area contributed by atoms with Gasteiger partial charge in [-0.25, -0.2) is 0 Å². The molecule has 3 heteroatoms. The normalized spacial score (nSPS) is 15.2. The van der Waals surface area contributed by atoms with Gasteiger partial charge >= 0.3 is 0 Å². The molecular weight excluding hydrogens is 198 g/mol. The predicted octanol–water partition coefficient (Wildman–Crippen LogP) is 2.28. The fraction of sp³-hybridized carbons (Fsp3) is 0.455. The summed E-state index contributed by atoms with van der Waals surface area (Å²) in [5.41, 5.74) is 7.85. The smallest absolute Gasteiger partial charge is 0.0705 e. The van der Waals surface area contributed by atoms with E-state index in [2.05, 4.69) is 0 Å². The van der Waals surface area contributed by atoms with Gasteiger partial charge in [-0.15, -0.1) is 0 Å². The molecule has 78 valence electrons. The molecule has 14 heavy (non-hydrogen) atoms. The third kappa shape index (κ3) is 2.27. The lowest BCUT2D eigenvalue weighted by Gasteiger charge is -2.19. The number of hydrogen-bond acceptors (Lipinski definition) is 2. The van der Waals surface area contributed by atoms with Crippen LogP contribution in [0.4, 0.5) is 0 Å². The molecule has 0 saturated heterocycles. The summed E-state index contributed by atoms with van der Waals surface area (Å²) in [6.07, 6.45) is 0.288. The molecule has 0 bridgehead atoms. The standard InChI is InChI=1S/C11H16ClNO/c1-3-8-5-4-6-9(12)10(8)11(13)7(2)14/h4-7,11,14H,3,13H2,1-2H3/t7-,11-/m0/s1. The fourth-order valence-electron chi connectivity index (χ4n) is 1.50. The van der Waals surface area contributed by atoms with Crippen molar-refractivity contribution in [3.05, 3.63) is 34.3 Å². The summed E-state index contributed by atoms with van der Waals surface area (Å²) in [7, 11) is 0. The number of benzene rings is 1. The minimum Gasteiger partial charge on any atom is -0.391 e. The van der Waals surface area contributed by atoms with Gasteiger partial charge in [0.15, 0.2) is 0 Å². The van der Waals surface area contributed by atoms with E-state index in [1.807, 2.05) is 19.1 Å². The molecule has 0 fully saturated rings. The van der Waals surface area contributed by atoms with E-state index in [0.717, 1.165) is 17.5 Å². The Morgan fingerprint density at radius 3 is 2.64 bits per heavy atom. The van der Waals surface area contributed by atoms with Crippen LogP contribution in [0.5, 0.6) is 0 Å². The number of halogens is 1. The first kappa shape index (κ1) is 11.5. The zero-order valence-electron chi connectivity index (χ0n) is 8.50. The predicted molar refractivity (Wildman–Crippen MR) is 59.4 cm³/mol. The monoisotopic (exact) mass is 213 g/mol. The molecule has 2 nitrogen and oxygen atoms in total. The van der Waals surface area contributed by atoms with Crippen molar-refractivity contribution in [3.8, 4) is 0 Å². The lowest BCUT2D eigenvalue weighted by molar-refractivity contribution is 0.164. The van der Waals surface area contributed by atoms with Gasteiger partial charge in [0.1, 0.15) is 0 Å². The van der Waals surface area contributed by atoms with Crippen LogP contribution in [0, 0.1) is 0 Å². The van der Waals surface area contributed by atoms with E-state index >= 15 is 0 Å². The van der Waals surface area contributed by atoms with Crippen molar-refractivity contribution in [2.75, 3.05) is 0 Å². The molecule has 1 rings (SSSR count). The molecular formula is C11H16ClNO. The van der Waals surface area contributed by atoms with Crippen molar-refractivity contribution in [2.45, 2.75) is 32.4 Å². The van der Waals surface area contributed by atoms with Gasteiger partial charge in [-0.2, -0.15) is 0 Å². The zero-order valence-corrected chi connectivity index (χ0v) is 9.25. The van der Waals surface area contributed by atoms with Gasteiger partial charge in [-0.05, 0) is 30.5 Å². The van der Waals surface area contributed by atoms with Gasteiger partial charge in [-0.1, -0.05) is 30.7 Å². The minimum absolute atomic E-state index is 0.404. The average Bonchev–Trinajstić information content (AvgIpc) is 2.16. The molecule has 0 heterocycles. The van der Waals surface area contributed by atoms with Gasteiger partial charge in [-0.3, -0.25) is 0 Å². The third-order valence-electron chi connectivity index (χ3n) is 2.38. The van der Waals surface area contributed by atoms with Crippen molar-refractivity contribution in [3.63, 3.8) is 0 Å². The summed E-state index contributed by atoms with van der Waals surface area (Å²) in [6, 6.07) is 5.29. The summed E-state index contributed by atoms with van der Waals surface area (Å²) < 4.78 is 0. The Kier molecular flexibility index (Phi) is 3.93. The van der Waals surface area contributed by atoms with Crippen molar-refractivity contribution >= 4 is 11.6 Å². The quantitative estimate of drug-likeness (QED) is 0.810. The van der Waals surface area contributed by atoms with Crippen LogP contribution in [0.25, 0.3) is 0 Å². The lowest BCUT2D eigenvalue weighted by Crippen LogP contribution is -2.24. The van der Waals surface area contributed by atoms with E-state index in [4.69, 9.17) is 17.3 Å². The van der Waals surface area contributed by atoms with Crippen LogP contribution in [0.15, 0.2) is 18.2 Å². The van der Waals surface area contributed by atoms with Crippen LogP contribution in [0.3, 0.4) is 0 Å². The van der Waals surface area contributed by atoms with Crippen molar-refractivity contribution in [2.24, 2.45) is 5.73 Å². The second-order valence-corrected chi connectivity index (χ2v) is 3.84. The van der Waals surface area contributed by atoms with E-state index in [9.17, 15) is 5.11 Å². The van der Waals surface area contributed by atoms with Gasteiger partial charge in [0.2, 0.25) is 0 Å². The highest BCUT2D eigenvalue weighted by Gasteiger charge is 2.17. The number of rotatable bonds is 3. The number of aliphatic hydroxyl groups excluding tert-OH is 1. The summed E-state index contributed by atoms with van der Waals surface area (Å²) in [4.78, 5) is 0. The molecule has 0 unspecified atom stereocenters. The number of hydrogen-bond donors (Lipinski definition) is 2. The second-order valence-electron chi connectivity index (χ2n) is 3.43. The maximum atomic E-state index is 9.44. The number of aliphatic hydroxyl groups is 1. The van der Waals surface area contributed by atoms with E-state index in [0.29, 0.717) is 5.02 Å². The largest absolute Gasteiger partial charge is 0.391 e. The molecule has 0 aromatic heterocycles. The highest BCUT2D eigenvalue weighted by molar-refractivity contribution is 6.31. The molecule has 0 aliphatic heterocycles. The first-order chi connectivity index (χ1) is 6.57. The minimum atomic E-state index is -0.583. The molecule has 1 aromatic carbocycles. The van der Waals surface area contributed by atoms with Crippen LogP contribution >= 0.6 is 11.6 Å². The Morgan fingerprint density at radius 2 is 2.14 bits per heavy atom. The molecule has 0 amide bonds. The van der Waals surface area contributed by atoms with E-state index in [1.54, 1.807) is 13.0 Å². The van der Waals surface area contributed by atoms with E-state index < -0.39 is 12.1 Å². The van der Waals surface area contributed by atoms with E-state index in [-0.39, 0.29) is 0 Å². The maximum absolute atomic E-state index is 9.44. The summed E-state index contributed by atoms with van der Waals surface area (Å²) in [5, 5.41) is 10.1. The zero-order chi connectivity index (χ0) is 10.7. The molecule has 3 N–H and O–H groups in total. The molecule has 0 saturated carbocycles. The first-order valence-electron chi connectivity index (χ1n) is 4.78. The van der Waals surface area contributed by atoms with Gasteiger partial charge in [0, 0.05) is 5.02 Å². The van der Waals surface area contributed by atoms with Gasteiger partial charge < -0.3 is 10.8 Å². The summed E-state index contributed by atoms with van der Waals surface area (Å²) >= 11 is 6.06. The Labute approximate surface area is 89.7 Å². The Balaban J connectivity index is 3.16. The van der Waals surface area contributed by atoms with Crippen LogP contribution in [0.2, 0.25) is 5.02 Å². The van der Waals surface area contributed by atoms with Crippen LogP contribution in [-0.4, -0.2) is 11.2 Å². The fourth-order valence-corrected chi connectivity index (χ4v) is 1.82. The summed E-state index contributed by atoms with van der Waals surface area (Å²) in [5.74, 6) is 0. The average molecular weight is 214 g/mol. The van der Waals surface area contributed by atoms with Gasteiger partial charge in [0.05, 0.1) is 12.1 Å². The molecule has 1 aromatic rings. The number of nitrogens with two attached hydrogens (primary N) is 1. The molecule has 0 spiro atoms. The Bertz CT molecular complexity index is 312. The highest BCUT2D eigenvalue weighted by Crippen LogP contribution is 2.27. The maximum Gasteiger partial charge on any atom is 0.0705 e. The third-order valence-corrected chi connectivity index (χ3v) is 2.71. The van der Waals surface area contributed by atoms with Crippen molar-refractivity contribution in [1.29, 1.82) is 0 Å². The number of aryl methyl sites for hydroxylation is 1. The second kappa shape index (κ2) is 4.78. The highest BCUT2D eigenvalue weighted by atomic mass is 35.5. The molecule has 0 radical (unpaired) electrons. The van der Waals surface area contributed by atoms with Crippen LogP contribution in [-0.2, 0) is 6.42 Å². The van der Waals surface area contributed by atoms with Crippen LogP contribution < -0.4 is 5.73 Å². The molecule has 0 aliphatic carbocycles. The lowest BCUT2D eigenvalue weighted by atomic mass is 9.96. The topological polar surface area (TPSA) is 46.2 Å². The Hall–Kier alpha value is -0.570. The Morgan fingerprint density at radius 1 is 1.50 bits per heavy atom.